The number of rotatable bonds is 1. The molecule has 0 saturated carbocycles. The van der Waals surface area contributed by atoms with E-state index in [1.807, 2.05) is 18.2 Å². The fraction of sp³-hybridized carbons (Fsp3) is 0.417. The van der Waals surface area contributed by atoms with Gasteiger partial charge in [0.05, 0.1) is 10.9 Å². The predicted octanol–water partition coefficient (Wildman–Crippen LogP) is 2.87. The van der Waals surface area contributed by atoms with E-state index < -0.39 is 5.95 Å². The van der Waals surface area contributed by atoms with Gasteiger partial charge in [0.25, 0.3) is 0 Å². The van der Waals surface area contributed by atoms with Crippen LogP contribution >= 0.6 is 0 Å². The number of benzene rings is 1. The number of hydrogen-bond donors (Lipinski definition) is 0. The van der Waals surface area contributed by atoms with Gasteiger partial charge in [-0.05, 0) is 31.4 Å². The monoisotopic (exact) mass is 220 g/mol. The van der Waals surface area contributed by atoms with Crippen molar-refractivity contribution >= 4 is 10.9 Å². The average molecular weight is 220 g/mol. The molecule has 0 bridgehead atoms. The highest BCUT2D eigenvalue weighted by atomic mass is 19.1. The zero-order valence-electron chi connectivity index (χ0n) is 8.90. The maximum Gasteiger partial charge on any atom is 0.240 e. The van der Waals surface area contributed by atoms with Crippen LogP contribution in [0.2, 0.25) is 0 Å². The molecular formula is C12H13FN2O. The first-order valence-electron chi connectivity index (χ1n) is 5.60. The molecule has 3 rings (SSSR count). The molecule has 1 atom stereocenters. The molecular weight excluding hydrogens is 207 g/mol. The van der Waals surface area contributed by atoms with Crippen molar-refractivity contribution in [3.05, 3.63) is 30.2 Å². The van der Waals surface area contributed by atoms with Gasteiger partial charge in [-0.3, -0.25) is 0 Å². The Hall–Kier alpha value is -1.42. The van der Waals surface area contributed by atoms with Gasteiger partial charge in [0.1, 0.15) is 0 Å². The van der Waals surface area contributed by atoms with Crippen LogP contribution in [0.25, 0.3) is 10.9 Å². The van der Waals surface area contributed by atoms with Gasteiger partial charge >= 0.3 is 0 Å². The maximum atomic E-state index is 13.6. The van der Waals surface area contributed by atoms with Crippen LogP contribution in [0.15, 0.2) is 24.3 Å². The number of aromatic nitrogens is 2. The van der Waals surface area contributed by atoms with E-state index in [1.165, 1.54) is 0 Å². The summed E-state index contributed by atoms with van der Waals surface area (Å²) in [4.78, 5) is 0. The van der Waals surface area contributed by atoms with Crippen LogP contribution in [-0.4, -0.2) is 16.4 Å². The van der Waals surface area contributed by atoms with Crippen LogP contribution in [0.4, 0.5) is 4.39 Å². The lowest BCUT2D eigenvalue weighted by Gasteiger charge is -2.23. The minimum Gasteiger partial charge on any atom is -0.356 e. The van der Waals surface area contributed by atoms with Crippen molar-refractivity contribution in [3.8, 4) is 0 Å². The first-order chi connectivity index (χ1) is 7.86. The Kier molecular flexibility index (Phi) is 2.36. The number of ether oxygens (including phenoxy) is 1. The molecule has 2 heterocycles. The molecule has 0 radical (unpaired) electrons. The van der Waals surface area contributed by atoms with E-state index in [9.17, 15) is 4.39 Å². The Morgan fingerprint density at radius 2 is 2.19 bits per heavy atom. The third-order valence-corrected chi connectivity index (χ3v) is 3.00. The van der Waals surface area contributed by atoms with Crippen LogP contribution in [0, 0.1) is 5.95 Å². The zero-order valence-corrected chi connectivity index (χ0v) is 8.90. The van der Waals surface area contributed by atoms with Crippen molar-refractivity contribution in [1.29, 1.82) is 0 Å². The van der Waals surface area contributed by atoms with Crippen molar-refractivity contribution in [2.75, 3.05) is 6.61 Å². The lowest BCUT2D eigenvalue weighted by Crippen LogP contribution is -2.19. The summed E-state index contributed by atoms with van der Waals surface area (Å²) in [6.45, 7) is 0.737. The van der Waals surface area contributed by atoms with Crippen molar-refractivity contribution < 1.29 is 9.13 Å². The fourth-order valence-corrected chi connectivity index (χ4v) is 2.19. The Labute approximate surface area is 92.8 Å². The molecule has 4 heteroatoms. The second-order valence-electron chi connectivity index (χ2n) is 4.07. The lowest BCUT2D eigenvalue weighted by atomic mass is 10.2. The van der Waals surface area contributed by atoms with Gasteiger partial charge in [-0.15, -0.1) is 5.10 Å². The van der Waals surface area contributed by atoms with E-state index in [0.717, 1.165) is 31.4 Å². The summed E-state index contributed by atoms with van der Waals surface area (Å²) in [5.41, 5.74) is 0.812. The molecule has 1 aromatic heterocycles. The summed E-state index contributed by atoms with van der Waals surface area (Å²) in [6.07, 6.45) is 2.99. The minimum atomic E-state index is -0.412. The molecule has 1 saturated heterocycles. The van der Waals surface area contributed by atoms with Gasteiger partial charge in [-0.25, -0.2) is 4.68 Å². The van der Waals surface area contributed by atoms with Crippen molar-refractivity contribution in [3.63, 3.8) is 0 Å². The van der Waals surface area contributed by atoms with E-state index in [4.69, 9.17) is 4.74 Å². The lowest BCUT2D eigenvalue weighted by molar-refractivity contribution is -0.0375. The number of halogens is 1. The smallest absolute Gasteiger partial charge is 0.240 e. The summed E-state index contributed by atoms with van der Waals surface area (Å²) in [5.74, 6) is -0.412. The molecule has 0 aliphatic carbocycles. The normalized spacial score (nSPS) is 21.4. The quantitative estimate of drug-likeness (QED) is 0.738. The van der Waals surface area contributed by atoms with Gasteiger partial charge < -0.3 is 4.74 Å². The molecule has 0 amide bonds. The fourth-order valence-electron chi connectivity index (χ4n) is 2.19. The van der Waals surface area contributed by atoms with E-state index >= 15 is 0 Å². The topological polar surface area (TPSA) is 27.1 Å². The van der Waals surface area contributed by atoms with Gasteiger partial charge in [0, 0.05) is 6.61 Å². The number of para-hydroxylation sites is 1. The van der Waals surface area contributed by atoms with E-state index in [-0.39, 0.29) is 6.23 Å². The summed E-state index contributed by atoms with van der Waals surface area (Å²) in [6, 6.07) is 7.34. The molecule has 16 heavy (non-hydrogen) atoms. The zero-order chi connectivity index (χ0) is 11.0. The second-order valence-corrected chi connectivity index (χ2v) is 4.07. The van der Waals surface area contributed by atoms with Crippen LogP contribution in [-0.2, 0) is 4.74 Å². The number of nitrogens with zero attached hydrogens (tertiary/aromatic N) is 2. The first kappa shape index (κ1) is 9.78. The molecule has 84 valence electrons. The van der Waals surface area contributed by atoms with E-state index in [2.05, 4.69) is 5.10 Å². The van der Waals surface area contributed by atoms with Crippen molar-refractivity contribution in [1.82, 2.24) is 9.78 Å². The largest absolute Gasteiger partial charge is 0.356 e. The third kappa shape index (κ3) is 1.50. The van der Waals surface area contributed by atoms with Crippen molar-refractivity contribution in [2.45, 2.75) is 25.5 Å². The van der Waals surface area contributed by atoms with Gasteiger partial charge in [0.2, 0.25) is 5.95 Å². The summed E-state index contributed by atoms with van der Waals surface area (Å²) in [7, 11) is 0. The molecule has 1 aliphatic heterocycles. The Morgan fingerprint density at radius 3 is 3.00 bits per heavy atom. The molecule has 1 aliphatic rings. The van der Waals surface area contributed by atoms with Crippen LogP contribution < -0.4 is 0 Å². The summed E-state index contributed by atoms with van der Waals surface area (Å²) >= 11 is 0. The third-order valence-electron chi connectivity index (χ3n) is 3.00. The molecule has 2 aromatic rings. The highest BCUT2D eigenvalue weighted by Gasteiger charge is 2.20. The number of fused-ring (bicyclic) bond motifs is 1. The Morgan fingerprint density at radius 1 is 1.31 bits per heavy atom. The van der Waals surface area contributed by atoms with Gasteiger partial charge in [0.15, 0.2) is 6.23 Å². The SMILES string of the molecule is Fc1nn(C2CCCCO2)c2ccccc12. The molecule has 1 aromatic carbocycles. The standard InChI is InChI=1S/C12H13FN2O/c13-12-9-5-1-2-6-10(9)15(14-12)11-7-3-4-8-16-11/h1-2,5-6,11H,3-4,7-8H2. The number of hydrogen-bond acceptors (Lipinski definition) is 2. The molecule has 1 fully saturated rings. The van der Waals surface area contributed by atoms with Crippen molar-refractivity contribution in [2.24, 2.45) is 0 Å². The van der Waals surface area contributed by atoms with E-state index in [0.29, 0.717) is 5.39 Å². The average Bonchev–Trinajstić information content (AvgIpc) is 2.69. The predicted molar refractivity (Wildman–Crippen MR) is 58.5 cm³/mol. The first-order valence-corrected chi connectivity index (χ1v) is 5.60. The molecule has 0 spiro atoms. The molecule has 1 unspecified atom stereocenters. The van der Waals surface area contributed by atoms with Crippen LogP contribution in [0.5, 0.6) is 0 Å². The Bertz CT molecular complexity index is 503. The highest BCUT2D eigenvalue weighted by Crippen LogP contribution is 2.27. The van der Waals surface area contributed by atoms with Gasteiger partial charge in [-0.1, -0.05) is 12.1 Å². The van der Waals surface area contributed by atoms with Crippen LogP contribution in [0.1, 0.15) is 25.5 Å². The summed E-state index contributed by atoms with van der Waals surface area (Å²) < 4.78 is 20.9. The molecule has 0 N–H and O–H groups in total. The maximum absolute atomic E-state index is 13.6. The molecule has 3 nitrogen and oxygen atoms in total. The minimum absolute atomic E-state index is 0.108. The van der Waals surface area contributed by atoms with E-state index in [1.54, 1.807) is 10.7 Å². The van der Waals surface area contributed by atoms with Crippen LogP contribution in [0.3, 0.4) is 0 Å². The summed E-state index contributed by atoms with van der Waals surface area (Å²) in [5, 5.41) is 4.50. The highest BCUT2D eigenvalue weighted by molar-refractivity contribution is 5.79. The Balaban J connectivity index is 2.08. The second kappa shape index (κ2) is 3.87. The van der Waals surface area contributed by atoms with Gasteiger partial charge in [-0.2, -0.15) is 4.39 Å².